The van der Waals surface area contributed by atoms with Gasteiger partial charge in [-0.05, 0) is 60.6 Å². The van der Waals surface area contributed by atoms with Crippen molar-refractivity contribution in [1.82, 2.24) is 10.2 Å². The monoisotopic (exact) mass is 583 g/mol. The van der Waals surface area contributed by atoms with Gasteiger partial charge < -0.3 is 10.2 Å². The summed E-state index contributed by atoms with van der Waals surface area (Å²) in [4.78, 5) is 28.4. The molecule has 10 heteroatoms. The maximum absolute atomic E-state index is 13.8. The number of anilines is 1. The fourth-order valence-corrected chi connectivity index (χ4v) is 5.11. The van der Waals surface area contributed by atoms with E-state index in [1.54, 1.807) is 30.3 Å². The molecule has 0 saturated carbocycles. The lowest BCUT2D eigenvalue weighted by Gasteiger charge is -2.33. The molecule has 0 aliphatic carbocycles. The number of rotatable bonds is 11. The molecule has 0 saturated heterocycles. The molecule has 0 radical (unpaired) electrons. The van der Waals surface area contributed by atoms with Crippen LogP contribution in [-0.4, -0.2) is 50.0 Å². The third-order valence-electron chi connectivity index (χ3n) is 6.42. The average molecular weight is 585 g/mol. The van der Waals surface area contributed by atoms with Gasteiger partial charge in [-0.3, -0.25) is 13.9 Å². The zero-order valence-electron chi connectivity index (χ0n) is 23.2. The van der Waals surface area contributed by atoms with Crippen LogP contribution in [0.5, 0.6) is 0 Å². The topological polar surface area (TPSA) is 86.8 Å². The van der Waals surface area contributed by atoms with Crippen molar-refractivity contribution in [3.05, 3.63) is 63.6 Å². The van der Waals surface area contributed by atoms with Crippen molar-refractivity contribution < 1.29 is 18.0 Å². The van der Waals surface area contributed by atoms with E-state index < -0.39 is 28.5 Å². The van der Waals surface area contributed by atoms with Gasteiger partial charge in [-0.2, -0.15) is 0 Å². The Morgan fingerprint density at radius 1 is 0.974 bits per heavy atom. The Hall–Kier alpha value is -2.29. The van der Waals surface area contributed by atoms with Gasteiger partial charge in [0.25, 0.3) is 0 Å². The lowest BCUT2D eigenvalue weighted by atomic mass is 9.87. The summed E-state index contributed by atoms with van der Waals surface area (Å²) in [6.45, 7) is 11.5. The lowest BCUT2D eigenvalue weighted by Crippen LogP contribution is -2.53. The average Bonchev–Trinajstić information content (AvgIpc) is 2.83. The largest absolute Gasteiger partial charge is 0.352 e. The maximum atomic E-state index is 13.8. The van der Waals surface area contributed by atoms with Gasteiger partial charge in [-0.15, -0.1) is 0 Å². The van der Waals surface area contributed by atoms with E-state index >= 15 is 0 Å². The van der Waals surface area contributed by atoms with Gasteiger partial charge in [0.05, 0.1) is 22.0 Å². The summed E-state index contributed by atoms with van der Waals surface area (Å²) in [5, 5.41) is 3.64. The quantitative estimate of drug-likeness (QED) is 0.363. The molecule has 210 valence electrons. The minimum atomic E-state index is -3.81. The number of carbonyl (C=O) groups is 2. The highest BCUT2D eigenvalue weighted by Gasteiger charge is 2.32. The van der Waals surface area contributed by atoms with E-state index in [9.17, 15) is 18.0 Å². The summed E-state index contributed by atoms with van der Waals surface area (Å²) in [7, 11) is -3.81. The van der Waals surface area contributed by atoms with Crippen LogP contribution < -0.4 is 9.62 Å². The summed E-state index contributed by atoms with van der Waals surface area (Å²) in [6.07, 6.45) is 2.14. The first-order chi connectivity index (χ1) is 17.6. The lowest BCUT2D eigenvalue weighted by molar-refractivity contribution is -0.140. The van der Waals surface area contributed by atoms with Gasteiger partial charge >= 0.3 is 0 Å². The highest BCUT2D eigenvalue weighted by atomic mass is 35.5. The summed E-state index contributed by atoms with van der Waals surface area (Å²) in [5.74, 6) is -0.803. The number of sulfonamides is 1. The molecule has 0 unspecified atom stereocenters. The molecule has 38 heavy (non-hydrogen) atoms. The standard InChI is InChI=1S/C28H39Cl2N3O4S/c1-8-19(3)31-27(35)25(9-2)32(17-20-10-15-23(29)24(30)16-20)26(34)18-33(38(7,36)37)22-13-11-21(12-14-22)28(4,5)6/h10-16,19,25H,8-9,17-18H2,1-7H3,(H,31,35)/t19-,25+/m0/s1. The van der Waals surface area contributed by atoms with E-state index in [0.29, 0.717) is 27.7 Å². The fourth-order valence-electron chi connectivity index (χ4n) is 3.94. The smallest absolute Gasteiger partial charge is 0.244 e. The SMILES string of the molecule is CC[C@H](C(=O)N[C@@H](C)CC)N(Cc1ccc(Cl)c(Cl)c1)C(=O)CN(c1ccc(C(C)(C)C)cc1)S(C)(=O)=O. The molecule has 0 bridgehead atoms. The third-order valence-corrected chi connectivity index (χ3v) is 8.30. The summed E-state index contributed by atoms with van der Waals surface area (Å²) >= 11 is 12.3. The number of amides is 2. The molecule has 7 nitrogen and oxygen atoms in total. The van der Waals surface area contributed by atoms with Crippen LogP contribution in [0.25, 0.3) is 0 Å². The molecule has 0 fully saturated rings. The van der Waals surface area contributed by atoms with Gasteiger partial charge in [0, 0.05) is 12.6 Å². The van der Waals surface area contributed by atoms with Gasteiger partial charge in [-0.1, -0.05) is 76.0 Å². The number of hydrogen-bond donors (Lipinski definition) is 1. The number of carbonyl (C=O) groups excluding carboxylic acids is 2. The summed E-state index contributed by atoms with van der Waals surface area (Å²) in [6, 6.07) is 11.2. The van der Waals surface area contributed by atoms with Crippen molar-refractivity contribution in [2.45, 2.75) is 78.4 Å². The predicted molar refractivity (Wildman–Crippen MR) is 156 cm³/mol. The van der Waals surface area contributed by atoms with Crippen LogP contribution in [0.3, 0.4) is 0 Å². The van der Waals surface area contributed by atoms with Gasteiger partial charge in [0.1, 0.15) is 12.6 Å². The van der Waals surface area contributed by atoms with Gasteiger partial charge in [0.2, 0.25) is 21.8 Å². The molecule has 0 aliphatic rings. The van der Waals surface area contributed by atoms with Crippen molar-refractivity contribution in [2.24, 2.45) is 0 Å². The Labute approximate surface area is 237 Å². The Kier molecular flexibility index (Phi) is 11.1. The number of halogens is 2. The first-order valence-corrected chi connectivity index (χ1v) is 15.3. The van der Waals surface area contributed by atoms with Crippen LogP contribution in [0, 0.1) is 0 Å². The van der Waals surface area contributed by atoms with Crippen LogP contribution in [0.15, 0.2) is 42.5 Å². The van der Waals surface area contributed by atoms with E-state index in [1.807, 2.05) is 32.9 Å². The number of hydrogen-bond acceptors (Lipinski definition) is 4. The molecular formula is C28H39Cl2N3O4S. The molecule has 0 spiro atoms. The van der Waals surface area contributed by atoms with E-state index in [1.165, 1.54) is 4.90 Å². The molecule has 2 aromatic carbocycles. The maximum Gasteiger partial charge on any atom is 0.244 e. The Morgan fingerprint density at radius 2 is 1.58 bits per heavy atom. The molecule has 1 N–H and O–H groups in total. The molecule has 2 rings (SSSR count). The van der Waals surface area contributed by atoms with Crippen molar-refractivity contribution in [3.8, 4) is 0 Å². The molecule has 0 heterocycles. The highest BCUT2D eigenvalue weighted by molar-refractivity contribution is 7.92. The number of nitrogens with zero attached hydrogens (tertiary/aromatic N) is 2. The van der Waals surface area contributed by atoms with E-state index in [0.717, 1.165) is 22.5 Å². The highest BCUT2D eigenvalue weighted by Crippen LogP contribution is 2.27. The second kappa shape index (κ2) is 13.2. The van der Waals surface area contributed by atoms with Gasteiger partial charge in [-0.25, -0.2) is 8.42 Å². The van der Waals surface area contributed by atoms with E-state index in [2.05, 4.69) is 26.1 Å². The van der Waals surface area contributed by atoms with Crippen molar-refractivity contribution >= 4 is 50.7 Å². The molecule has 2 atom stereocenters. The molecule has 2 amide bonds. The predicted octanol–water partition coefficient (Wildman–Crippen LogP) is 5.78. The first kappa shape index (κ1) is 31.9. The van der Waals surface area contributed by atoms with Crippen LogP contribution >= 0.6 is 23.2 Å². The van der Waals surface area contributed by atoms with Crippen molar-refractivity contribution in [3.63, 3.8) is 0 Å². The van der Waals surface area contributed by atoms with E-state index in [-0.39, 0.29) is 23.9 Å². The van der Waals surface area contributed by atoms with Crippen LogP contribution in [0.2, 0.25) is 10.0 Å². The second-order valence-electron chi connectivity index (χ2n) is 10.6. The minimum Gasteiger partial charge on any atom is -0.352 e. The molecule has 2 aromatic rings. The van der Waals surface area contributed by atoms with Crippen LogP contribution in [-0.2, 0) is 31.6 Å². The Bertz CT molecular complexity index is 1230. The van der Waals surface area contributed by atoms with Crippen molar-refractivity contribution in [1.29, 1.82) is 0 Å². The van der Waals surface area contributed by atoms with Gasteiger partial charge in [0.15, 0.2) is 0 Å². The molecule has 0 aliphatic heterocycles. The summed E-state index contributed by atoms with van der Waals surface area (Å²) in [5.41, 5.74) is 1.97. The minimum absolute atomic E-state index is 0.0583. The van der Waals surface area contributed by atoms with E-state index in [4.69, 9.17) is 23.2 Å². The van der Waals surface area contributed by atoms with Crippen LogP contribution in [0.1, 0.15) is 65.5 Å². The summed E-state index contributed by atoms with van der Waals surface area (Å²) < 4.78 is 26.7. The number of nitrogens with one attached hydrogen (secondary N) is 1. The second-order valence-corrected chi connectivity index (χ2v) is 13.3. The molecular weight excluding hydrogens is 545 g/mol. The third kappa shape index (κ3) is 8.61. The normalized spacial score (nSPS) is 13.5. The Morgan fingerprint density at radius 3 is 2.05 bits per heavy atom. The van der Waals surface area contributed by atoms with Crippen molar-refractivity contribution in [2.75, 3.05) is 17.1 Å². The first-order valence-electron chi connectivity index (χ1n) is 12.7. The fraction of sp³-hybridized carbons (Fsp3) is 0.500. The van der Waals surface area contributed by atoms with Crippen LogP contribution in [0.4, 0.5) is 5.69 Å². The zero-order valence-corrected chi connectivity index (χ0v) is 25.5. The molecule has 0 aromatic heterocycles. The number of benzene rings is 2. The zero-order chi connectivity index (χ0) is 28.8. The Balaban J connectivity index is 2.47.